The van der Waals surface area contributed by atoms with Crippen LogP contribution in [0.4, 0.5) is 0 Å². The topological polar surface area (TPSA) is 15.3 Å². The highest BCUT2D eigenvalue weighted by Gasteiger charge is 2.22. The molecule has 0 aromatic heterocycles. The minimum absolute atomic E-state index is 0.774. The maximum Gasteiger partial charge on any atom is 0.0233 e. The maximum absolute atomic E-state index is 3.49. The van der Waals surface area contributed by atoms with Crippen LogP contribution in [0.5, 0.6) is 0 Å². The third-order valence-electron chi connectivity index (χ3n) is 4.71. The van der Waals surface area contributed by atoms with Gasteiger partial charge in [-0.15, -0.1) is 0 Å². The van der Waals surface area contributed by atoms with Crippen molar-refractivity contribution in [3.63, 3.8) is 0 Å². The van der Waals surface area contributed by atoms with Crippen LogP contribution >= 0.6 is 0 Å². The largest absolute Gasteiger partial charge is 0.313 e. The van der Waals surface area contributed by atoms with Crippen molar-refractivity contribution in [1.29, 1.82) is 0 Å². The van der Waals surface area contributed by atoms with Crippen molar-refractivity contribution in [2.24, 2.45) is 5.92 Å². The second-order valence-corrected chi connectivity index (χ2v) is 6.84. The highest BCUT2D eigenvalue weighted by atomic mass is 15.1. The fourth-order valence-corrected chi connectivity index (χ4v) is 3.47. The molecule has 0 saturated heterocycles. The van der Waals surface area contributed by atoms with E-state index in [1.807, 2.05) is 0 Å². The predicted molar refractivity (Wildman–Crippen MR) is 91.3 cm³/mol. The van der Waals surface area contributed by atoms with Gasteiger partial charge < -0.3 is 5.32 Å². The van der Waals surface area contributed by atoms with Crippen LogP contribution < -0.4 is 5.32 Å². The van der Waals surface area contributed by atoms with Crippen molar-refractivity contribution in [1.82, 2.24) is 10.2 Å². The normalized spacial score (nSPS) is 22.7. The Bertz CT molecular complexity index is 416. The lowest BCUT2D eigenvalue weighted by Gasteiger charge is -2.34. The fraction of sp³-hybridized carbons (Fsp3) is 0.684. The molecule has 2 nitrogen and oxygen atoms in total. The van der Waals surface area contributed by atoms with E-state index in [2.05, 4.69) is 55.4 Å². The first kappa shape index (κ1) is 16.5. The fourth-order valence-electron chi connectivity index (χ4n) is 3.47. The van der Waals surface area contributed by atoms with Gasteiger partial charge in [-0.25, -0.2) is 0 Å². The lowest BCUT2D eigenvalue weighted by Crippen LogP contribution is -2.35. The Balaban J connectivity index is 1.87. The predicted octanol–water partition coefficient (Wildman–Crippen LogP) is 4.20. The molecule has 0 radical (unpaired) electrons. The van der Waals surface area contributed by atoms with Crippen LogP contribution in [-0.4, -0.2) is 24.5 Å². The van der Waals surface area contributed by atoms with Crippen molar-refractivity contribution in [3.05, 3.63) is 35.4 Å². The molecule has 1 aromatic rings. The summed E-state index contributed by atoms with van der Waals surface area (Å²) < 4.78 is 0. The maximum atomic E-state index is 3.49. The summed E-state index contributed by atoms with van der Waals surface area (Å²) >= 11 is 0. The van der Waals surface area contributed by atoms with Gasteiger partial charge in [0.1, 0.15) is 0 Å². The Labute approximate surface area is 130 Å². The minimum Gasteiger partial charge on any atom is -0.313 e. The molecule has 1 aliphatic carbocycles. The van der Waals surface area contributed by atoms with Crippen LogP contribution in [0.1, 0.15) is 57.1 Å². The molecule has 0 bridgehead atoms. The van der Waals surface area contributed by atoms with Crippen molar-refractivity contribution in [2.75, 3.05) is 13.6 Å². The molecule has 118 valence electrons. The van der Waals surface area contributed by atoms with Gasteiger partial charge in [0.05, 0.1) is 0 Å². The lowest BCUT2D eigenvalue weighted by molar-refractivity contribution is 0.157. The summed E-state index contributed by atoms with van der Waals surface area (Å²) in [5.74, 6) is 0.899. The highest BCUT2D eigenvalue weighted by molar-refractivity contribution is 5.23. The molecule has 1 saturated carbocycles. The van der Waals surface area contributed by atoms with E-state index in [-0.39, 0.29) is 0 Å². The van der Waals surface area contributed by atoms with Crippen molar-refractivity contribution in [2.45, 2.75) is 65.1 Å². The molecule has 1 fully saturated rings. The molecule has 2 atom stereocenters. The summed E-state index contributed by atoms with van der Waals surface area (Å²) in [7, 11) is 2.30. The van der Waals surface area contributed by atoms with Gasteiger partial charge >= 0.3 is 0 Å². The van der Waals surface area contributed by atoms with E-state index in [0.29, 0.717) is 0 Å². The van der Waals surface area contributed by atoms with Gasteiger partial charge in [0.25, 0.3) is 0 Å². The van der Waals surface area contributed by atoms with Crippen molar-refractivity contribution < 1.29 is 0 Å². The van der Waals surface area contributed by atoms with Crippen LogP contribution in [0, 0.1) is 5.92 Å². The molecule has 0 aliphatic heterocycles. The van der Waals surface area contributed by atoms with E-state index in [0.717, 1.165) is 31.6 Å². The van der Waals surface area contributed by atoms with Gasteiger partial charge in [0.15, 0.2) is 0 Å². The van der Waals surface area contributed by atoms with Crippen molar-refractivity contribution >= 4 is 0 Å². The Morgan fingerprint density at radius 2 is 2.05 bits per heavy atom. The molecule has 1 aromatic carbocycles. The van der Waals surface area contributed by atoms with Gasteiger partial charge in [-0.3, -0.25) is 4.90 Å². The molecule has 1 aliphatic rings. The molecule has 2 unspecified atom stereocenters. The molecule has 0 amide bonds. The summed E-state index contributed by atoms with van der Waals surface area (Å²) in [5, 5.41) is 3.49. The molecular formula is C19H32N2. The van der Waals surface area contributed by atoms with E-state index >= 15 is 0 Å². The highest BCUT2D eigenvalue weighted by Crippen LogP contribution is 2.27. The SMILES string of the molecule is CCCNCc1cccc(CN(C)C2CCCC(C)C2)c1. The molecule has 2 heteroatoms. The van der Waals surface area contributed by atoms with E-state index in [1.54, 1.807) is 0 Å². The van der Waals surface area contributed by atoms with E-state index in [4.69, 9.17) is 0 Å². The van der Waals surface area contributed by atoms with Gasteiger partial charge in [-0.1, -0.05) is 51.0 Å². The Morgan fingerprint density at radius 1 is 1.24 bits per heavy atom. The van der Waals surface area contributed by atoms with Crippen LogP contribution in [0.3, 0.4) is 0 Å². The first-order valence-corrected chi connectivity index (χ1v) is 8.67. The second-order valence-electron chi connectivity index (χ2n) is 6.84. The smallest absolute Gasteiger partial charge is 0.0233 e. The Kier molecular flexibility index (Phi) is 6.72. The summed E-state index contributed by atoms with van der Waals surface area (Å²) in [5.41, 5.74) is 2.86. The first-order chi connectivity index (χ1) is 10.2. The number of rotatable bonds is 7. The average Bonchev–Trinajstić information content (AvgIpc) is 2.48. The standard InChI is InChI=1S/C19H32N2/c1-4-11-20-14-17-8-6-9-18(13-17)15-21(3)19-10-5-7-16(2)12-19/h6,8-9,13,16,19-20H,4-5,7,10-12,14-15H2,1-3H3. The van der Waals surface area contributed by atoms with Crippen LogP contribution in [0.2, 0.25) is 0 Å². The van der Waals surface area contributed by atoms with Gasteiger partial charge in [-0.05, 0) is 49.9 Å². The summed E-state index contributed by atoms with van der Waals surface area (Å²) in [6.07, 6.45) is 6.76. The third-order valence-corrected chi connectivity index (χ3v) is 4.71. The lowest BCUT2D eigenvalue weighted by atomic mass is 9.86. The Morgan fingerprint density at radius 3 is 2.81 bits per heavy atom. The number of hydrogen-bond donors (Lipinski definition) is 1. The third kappa shape index (κ3) is 5.44. The number of nitrogens with one attached hydrogen (secondary N) is 1. The van der Waals surface area contributed by atoms with E-state index < -0.39 is 0 Å². The van der Waals surface area contributed by atoms with Crippen molar-refractivity contribution in [3.8, 4) is 0 Å². The van der Waals surface area contributed by atoms with Crippen LogP contribution in [-0.2, 0) is 13.1 Å². The summed E-state index contributed by atoms with van der Waals surface area (Å²) in [6, 6.07) is 9.85. The average molecular weight is 288 g/mol. The summed E-state index contributed by atoms with van der Waals surface area (Å²) in [4.78, 5) is 2.56. The first-order valence-electron chi connectivity index (χ1n) is 8.67. The quantitative estimate of drug-likeness (QED) is 0.757. The number of hydrogen-bond acceptors (Lipinski definition) is 2. The minimum atomic E-state index is 0.774. The zero-order valence-corrected chi connectivity index (χ0v) is 14.1. The van der Waals surface area contributed by atoms with Crippen LogP contribution in [0.15, 0.2) is 24.3 Å². The monoisotopic (exact) mass is 288 g/mol. The molecule has 0 heterocycles. The van der Waals surface area contributed by atoms with Crippen LogP contribution in [0.25, 0.3) is 0 Å². The molecular weight excluding hydrogens is 256 g/mol. The second kappa shape index (κ2) is 8.55. The summed E-state index contributed by atoms with van der Waals surface area (Å²) in [6.45, 7) is 7.79. The van der Waals surface area contributed by atoms with E-state index in [9.17, 15) is 0 Å². The molecule has 2 rings (SSSR count). The Hall–Kier alpha value is -0.860. The molecule has 21 heavy (non-hydrogen) atoms. The zero-order chi connectivity index (χ0) is 15.1. The van der Waals surface area contributed by atoms with Gasteiger partial charge in [0.2, 0.25) is 0 Å². The number of benzene rings is 1. The number of nitrogens with zero attached hydrogens (tertiary/aromatic N) is 1. The van der Waals surface area contributed by atoms with Gasteiger partial charge in [-0.2, -0.15) is 0 Å². The van der Waals surface area contributed by atoms with Gasteiger partial charge in [0, 0.05) is 19.1 Å². The molecule has 0 spiro atoms. The van der Waals surface area contributed by atoms with E-state index in [1.165, 1.54) is 43.2 Å². The zero-order valence-electron chi connectivity index (χ0n) is 14.1. The molecule has 1 N–H and O–H groups in total.